The topological polar surface area (TPSA) is 126 Å². The van der Waals surface area contributed by atoms with Crippen LogP contribution in [-0.4, -0.2) is 46.7 Å². The molecule has 1 amide bonds. The van der Waals surface area contributed by atoms with Gasteiger partial charge in [-0.15, -0.1) is 0 Å². The van der Waals surface area contributed by atoms with Crippen molar-refractivity contribution in [3.8, 4) is 6.07 Å². The monoisotopic (exact) mass is 366 g/mol. The van der Waals surface area contributed by atoms with Crippen LogP contribution in [0.2, 0.25) is 0 Å². The van der Waals surface area contributed by atoms with E-state index in [4.69, 9.17) is 10.5 Å². The second-order valence-electron chi connectivity index (χ2n) is 6.49. The first-order chi connectivity index (χ1) is 12.9. The highest BCUT2D eigenvalue weighted by molar-refractivity contribution is 5.96. The van der Waals surface area contributed by atoms with Crippen molar-refractivity contribution in [1.29, 1.82) is 5.26 Å². The molecule has 0 aromatic carbocycles. The Balaban J connectivity index is 2.29. The summed E-state index contributed by atoms with van der Waals surface area (Å²) in [5.41, 5.74) is 4.41. The second kappa shape index (κ2) is 6.68. The minimum absolute atomic E-state index is 0.182. The van der Waals surface area contributed by atoms with Crippen molar-refractivity contribution in [1.82, 2.24) is 9.88 Å². The van der Waals surface area contributed by atoms with Gasteiger partial charge in [0.2, 0.25) is 5.91 Å². The third kappa shape index (κ3) is 2.59. The number of hydrogen-bond acceptors (Lipinski definition) is 7. The molecule has 0 unspecified atom stereocenters. The molecule has 2 aliphatic heterocycles. The molecule has 0 bridgehead atoms. The van der Waals surface area contributed by atoms with Crippen molar-refractivity contribution in [2.45, 2.75) is 24.9 Å². The minimum atomic E-state index is -1.69. The van der Waals surface area contributed by atoms with Gasteiger partial charge in [0, 0.05) is 24.5 Å². The first-order valence-corrected chi connectivity index (χ1v) is 8.25. The summed E-state index contributed by atoms with van der Waals surface area (Å²) in [6, 6.07) is 3.84. The summed E-state index contributed by atoms with van der Waals surface area (Å²) >= 11 is 0. The zero-order valence-electron chi connectivity index (χ0n) is 14.8. The molecule has 0 saturated carbocycles. The molecular formula is C19H18N4O4. The van der Waals surface area contributed by atoms with Crippen LogP contribution in [-0.2, 0) is 19.1 Å². The van der Waals surface area contributed by atoms with Gasteiger partial charge in [-0.05, 0) is 24.6 Å². The van der Waals surface area contributed by atoms with Crippen molar-refractivity contribution < 1.29 is 19.1 Å². The molecule has 1 fully saturated rings. The summed E-state index contributed by atoms with van der Waals surface area (Å²) in [5.74, 6) is -2.51. The number of ether oxygens (including phenoxy) is 1. The predicted molar refractivity (Wildman–Crippen MR) is 93.6 cm³/mol. The fourth-order valence-corrected chi connectivity index (χ4v) is 4.02. The lowest BCUT2D eigenvalue weighted by Crippen LogP contribution is -2.45. The van der Waals surface area contributed by atoms with Gasteiger partial charge in [0.1, 0.15) is 0 Å². The number of fused-ring (bicyclic) bond motifs is 1. The quantitative estimate of drug-likeness (QED) is 0.766. The number of Topliss-reactive ketones (excluding diaryl/α,β-unsaturated/α-hetero) is 1. The second-order valence-corrected chi connectivity index (χ2v) is 6.49. The van der Waals surface area contributed by atoms with E-state index < -0.39 is 35.3 Å². The number of nitrogens with two attached hydrogens (primary N) is 1. The van der Waals surface area contributed by atoms with E-state index >= 15 is 0 Å². The molecule has 27 heavy (non-hydrogen) atoms. The average Bonchev–Trinajstić information content (AvgIpc) is 2.98. The molecular weight excluding hydrogens is 348 g/mol. The van der Waals surface area contributed by atoms with Crippen LogP contribution in [0.25, 0.3) is 0 Å². The molecule has 8 nitrogen and oxygen atoms in total. The Morgan fingerprint density at radius 1 is 1.41 bits per heavy atom. The smallest absolute Gasteiger partial charge is 0.329 e. The molecule has 2 N–H and O–H groups in total. The highest BCUT2D eigenvalue weighted by atomic mass is 16.5. The van der Waals surface area contributed by atoms with Crippen LogP contribution in [0.5, 0.6) is 0 Å². The maximum atomic E-state index is 12.8. The summed E-state index contributed by atoms with van der Waals surface area (Å²) in [6.07, 6.45) is 7.53. The number of esters is 1. The van der Waals surface area contributed by atoms with E-state index in [-0.39, 0.29) is 11.4 Å². The first kappa shape index (κ1) is 18.3. The lowest BCUT2D eigenvalue weighted by molar-refractivity contribution is -0.150. The lowest BCUT2D eigenvalue weighted by atomic mass is 9.68. The number of primary amides is 1. The van der Waals surface area contributed by atoms with Gasteiger partial charge in [0.25, 0.3) is 0 Å². The number of rotatable bonds is 4. The lowest BCUT2D eigenvalue weighted by Gasteiger charge is -2.32. The Bertz CT molecular complexity index is 902. The standard InChI is InChI=1S/C19H18N4O4/c1-11(24)16-15(12-4-3-7-22-8-12)19(10-20,18(26)27-2)14-6-5-13(17(21)25)9-23(14)16/h3-9,14-16H,1-2H3,(H2,21,25)/t14-,15-,16-,19+/m1/s1. The van der Waals surface area contributed by atoms with Crippen LogP contribution in [0, 0.1) is 16.7 Å². The Morgan fingerprint density at radius 2 is 2.15 bits per heavy atom. The normalized spacial score (nSPS) is 28.7. The summed E-state index contributed by atoms with van der Waals surface area (Å²) in [4.78, 5) is 42.7. The molecule has 8 heteroatoms. The fourth-order valence-electron chi connectivity index (χ4n) is 4.02. The molecule has 1 aromatic heterocycles. The molecule has 138 valence electrons. The van der Waals surface area contributed by atoms with Gasteiger partial charge in [-0.2, -0.15) is 5.26 Å². The Kier molecular flexibility index (Phi) is 4.54. The maximum absolute atomic E-state index is 12.8. The van der Waals surface area contributed by atoms with Crippen LogP contribution in [0.1, 0.15) is 18.4 Å². The van der Waals surface area contributed by atoms with Gasteiger partial charge in [0.05, 0.1) is 30.8 Å². The SMILES string of the molecule is COC(=O)[C@]1(C#N)[C@H](c2cccnc2)[C@@H](C(C)=O)N2C=C(C(N)=O)C=C[C@@H]21. The van der Waals surface area contributed by atoms with Crippen molar-refractivity contribution in [3.63, 3.8) is 0 Å². The van der Waals surface area contributed by atoms with Gasteiger partial charge in [-0.3, -0.25) is 19.4 Å². The minimum Gasteiger partial charge on any atom is -0.468 e. The number of carbonyl (C=O) groups is 3. The van der Waals surface area contributed by atoms with E-state index in [0.29, 0.717) is 5.56 Å². The van der Waals surface area contributed by atoms with Crippen LogP contribution in [0.15, 0.2) is 48.5 Å². The Labute approximate surface area is 155 Å². The highest BCUT2D eigenvalue weighted by Crippen LogP contribution is 2.53. The fraction of sp³-hybridized carbons (Fsp3) is 0.316. The van der Waals surface area contributed by atoms with Gasteiger partial charge < -0.3 is 15.4 Å². The maximum Gasteiger partial charge on any atom is 0.329 e. The zero-order chi connectivity index (χ0) is 19.8. The number of ketones is 1. The Morgan fingerprint density at radius 3 is 2.67 bits per heavy atom. The summed E-state index contributed by atoms with van der Waals surface area (Å²) in [6.45, 7) is 1.38. The van der Waals surface area contributed by atoms with Crippen molar-refractivity contribution in [3.05, 3.63) is 54.0 Å². The van der Waals surface area contributed by atoms with Crippen LogP contribution < -0.4 is 5.73 Å². The number of hydrogen-bond donors (Lipinski definition) is 1. The van der Waals surface area contributed by atoms with E-state index in [1.165, 1.54) is 32.5 Å². The van der Waals surface area contributed by atoms with E-state index in [9.17, 15) is 19.6 Å². The molecule has 0 radical (unpaired) electrons. The molecule has 0 spiro atoms. The molecule has 3 rings (SSSR count). The van der Waals surface area contributed by atoms with Gasteiger partial charge in [-0.1, -0.05) is 12.1 Å². The number of methoxy groups -OCH3 is 1. The van der Waals surface area contributed by atoms with Crippen LogP contribution >= 0.6 is 0 Å². The first-order valence-electron chi connectivity index (χ1n) is 8.25. The number of amides is 1. The van der Waals surface area contributed by atoms with Gasteiger partial charge in [0.15, 0.2) is 11.2 Å². The predicted octanol–water partition coefficient (Wildman–Crippen LogP) is 0.429. The molecule has 3 heterocycles. The van der Waals surface area contributed by atoms with Crippen LogP contribution in [0.3, 0.4) is 0 Å². The summed E-state index contributed by atoms with van der Waals surface area (Å²) in [7, 11) is 1.20. The van der Waals surface area contributed by atoms with Crippen molar-refractivity contribution in [2.75, 3.05) is 7.11 Å². The Hall–Kier alpha value is -3.47. The van der Waals surface area contributed by atoms with Crippen LogP contribution in [0.4, 0.5) is 0 Å². The van der Waals surface area contributed by atoms with Crippen molar-refractivity contribution >= 4 is 17.7 Å². The third-order valence-electron chi connectivity index (χ3n) is 5.11. The van der Waals surface area contributed by atoms with Crippen molar-refractivity contribution in [2.24, 2.45) is 11.1 Å². The van der Waals surface area contributed by atoms with E-state index in [2.05, 4.69) is 11.1 Å². The number of nitrogens with zero attached hydrogens (tertiary/aromatic N) is 3. The molecule has 2 aliphatic rings. The summed E-state index contributed by atoms with van der Waals surface area (Å²) < 4.78 is 4.97. The number of nitriles is 1. The molecule has 0 aliphatic carbocycles. The van der Waals surface area contributed by atoms with Gasteiger partial charge >= 0.3 is 5.97 Å². The number of aromatic nitrogens is 1. The average molecular weight is 366 g/mol. The van der Waals surface area contributed by atoms with E-state index in [1.807, 2.05) is 0 Å². The van der Waals surface area contributed by atoms with Gasteiger partial charge in [-0.25, -0.2) is 0 Å². The van der Waals surface area contributed by atoms with E-state index in [1.54, 1.807) is 29.3 Å². The molecule has 1 aromatic rings. The molecule has 1 saturated heterocycles. The summed E-state index contributed by atoms with van der Waals surface area (Å²) in [5, 5.41) is 10.1. The third-order valence-corrected chi connectivity index (χ3v) is 5.11. The number of pyridine rings is 1. The largest absolute Gasteiger partial charge is 0.468 e. The number of carbonyl (C=O) groups excluding carboxylic acids is 3. The van der Waals surface area contributed by atoms with E-state index in [0.717, 1.165) is 0 Å². The molecule has 4 atom stereocenters. The zero-order valence-corrected chi connectivity index (χ0v) is 14.8. The highest BCUT2D eigenvalue weighted by Gasteiger charge is 2.66.